The van der Waals surface area contributed by atoms with Crippen molar-refractivity contribution >= 4 is 11.5 Å². The van der Waals surface area contributed by atoms with E-state index in [0.29, 0.717) is 18.0 Å². The second kappa shape index (κ2) is 9.01. The van der Waals surface area contributed by atoms with Crippen LogP contribution in [0.5, 0.6) is 0 Å². The number of ether oxygens (including phenoxy) is 1. The number of nitrogens with two attached hydrogens (primary N) is 1. The molecule has 3 aromatic heterocycles. The van der Waals surface area contributed by atoms with E-state index in [-0.39, 0.29) is 23.5 Å². The summed E-state index contributed by atoms with van der Waals surface area (Å²) in [6.45, 7) is 6.23. The topological polar surface area (TPSA) is 98.6 Å². The van der Waals surface area contributed by atoms with Crippen LogP contribution >= 0.6 is 0 Å². The van der Waals surface area contributed by atoms with Gasteiger partial charge in [-0.3, -0.25) is 4.98 Å². The third kappa shape index (κ3) is 5.09. The zero-order chi connectivity index (χ0) is 21.9. The Kier molecular flexibility index (Phi) is 6.62. The number of hydrogen-bond acceptors (Lipinski definition) is 6. The number of nitrogen functional groups attached to an aromatic ring is 1. The van der Waals surface area contributed by atoms with Gasteiger partial charge in [0.1, 0.15) is 11.2 Å². The van der Waals surface area contributed by atoms with Crippen LogP contribution in [0.4, 0.5) is 14.7 Å². The summed E-state index contributed by atoms with van der Waals surface area (Å²) < 4.78 is 34.3. The van der Waals surface area contributed by atoms with Crippen molar-refractivity contribution in [2.45, 2.75) is 51.3 Å². The van der Waals surface area contributed by atoms with Gasteiger partial charge in [-0.25, -0.2) is 18.3 Å². The van der Waals surface area contributed by atoms with Crippen LogP contribution in [0.1, 0.15) is 45.1 Å². The lowest BCUT2D eigenvalue weighted by molar-refractivity contribution is -0.00535. The number of anilines is 1. The smallest absolute Gasteiger partial charge is 0.238 e. The SMILES string of the molecule is CC(c1ccc(-c2cc(F)c3cnc(N)nn23)nc1)C(C)(C)F.OC1CCCOC1. The molecule has 4 rings (SSSR count). The Labute approximate surface area is 173 Å². The van der Waals surface area contributed by atoms with E-state index in [1.54, 1.807) is 25.3 Å². The normalized spacial score (nSPS) is 18.0. The molecule has 3 aromatic rings. The van der Waals surface area contributed by atoms with Crippen molar-refractivity contribution in [2.75, 3.05) is 18.9 Å². The fourth-order valence-electron chi connectivity index (χ4n) is 3.08. The first-order chi connectivity index (χ1) is 14.2. The highest BCUT2D eigenvalue weighted by molar-refractivity contribution is 5.64. The van der Waals surface area contributed by atoms with Crippen molar-refractivity contribution in [1.29, 1.82) is 0 Å². The van der Waals surface area contributed by atoms with Crippen molar-refractivity contribution < 1.29 is 18.6 Å². The van der Waals surface area contributed by atoms with Gasteiger partial charge in [0.15, 0.2) is 5.82 Å². The van der Waals surface area contributed by atoms with Gasteiger partial charge >= 0.3 is 0 Å². The summed E-state index contributed by atoms with van der Waals surface area (Å²) in [5.74, 6) is -0.717. The first kappa shape index (κ1) is 22.0. The minimum Gasteiger partial charge on any atom is -0.391 e. The number of nitrogens with zero attached hydrogens (tertiary/aromatic N) is 4. The molecule has 1 aliphatic heterocycles. The fourth-order valence-corrected chi connectivity index (χ4v) is 3.08. The molecule has 1 aliphatic rings. The van der Waals surface area contributed by atoms with Gasteiger partial charge in [-0.2, -0.15) is 0 Å². The van der Waals surface area contributed by atoms with Crippen LogP contribution in [-0.2, 0) is 4.74 Å². The Morgan fingerprint density at radius 2 is 2.07 bits per heavy atom. The maximum Gasteiger partial charge on any atom is 0.238 e. The summed E-state index contributed by atoms with van der Waals surface area (Å²) in [5.41, 5.74) is 6.20. The van der Waals surface area contributed by atoms with E-state index in [2.05, 4.69) is 15.1 Å². The fraction of sp³-hybridized carbons (Fsp3) is 0.476. The lowest BCUT2D eigenvalue weighted by Gasteiger charge is -2.23. The molecule has 7 nitrogen and oxygen atoms in total. The first-order valence-electron chi connectivity index (χ1n) is 9.87. The highest BCUT2D eigenvalue weighted by atomic mass is 19.1. The number of pyridine rings is 1. The van der Waals surface area contributed by atoms with Crippen molar-refractivity contribution in [3.05, 3.63) is 42.0 Å². The van der Waals surface area contributed by atoms with E-state index in [9.17, 15) is 8.78 Å². The molecule has 4 heterocycles. The Hall–Kier alpha value is -2.65. The third-order valence-corrected chi connectivity index (χ3v) is 5.20. The molecule has 0 saturated carbocycles. The second-order valence-electron chi connectivity index (χ2n) is 7.92. The van der Waals surface area contributed by atoms with Crippen molar-refractivity contribution in [1.82, 2.24) is 19.6 Å². The number of halogens is 2. The van der Waals surface area contributed by atoms with E-state index in [1.807, 2.05) is 0 Å². The van der Waals surface area contributed by atoms with Gasteiger partial charge < -0.3 is 15.6 Å². The molecule has 1 fully saturated rings. The van der Waals surface area contributed by atoms with Gasteiger partial charge in [-0.1, -0.05) is 13.0 Å². The summed E-state index contributed by atoms with van der Waals surface area (Å²) in [4.78, 5) is 8.10. The summed E-state index contributed by atoms with van der Waals surface area (Å²) in [7, 11) is 0. The van der Waals surface area contributed by atoms with E-state index < -0.39 is 11.5 Å². The van der Waals surface area contributed by atoms with Crippen molar-refractivity contribution in [2.24, 2.45) is 0 Å². The Morgan fingerprint density at radius 1 is 1.30 bits per heavy atom. The lowest BCUT2D eigenvalue weighted by atomic mass is 9.89. The third-order valence-electron chi connectivity index (χ3n) is 5.20. The number of alkyl halides is 1. The van der Waals surface area contributed by atoms with Crippen molar-refractivity contribution in [3.8, 4) is 11.4 Å². The molecule has 0 bridgehead atoms. The molecule has 0 aromatic carbocycles. The van der Waals surface area contributed by atoms with Crippen LogP contribution in [0.25, 0.3) is 16.9 Å². The minimum atomic E-state index is -1.35. The quantitative estimate of drug-likeness (QED) is 0.674. The molecule has 9 heteroatoms. The van der Waals surface area contributed by atoms with Crippen LogP contribution in [0, 0.1) is 5.82 Å². The van der Waals surface area contributed by atoms with Crippen molar-refractivity contribution in [3.63, 3.8) is 0 Å². The zero-order valence-electron chi connectivity index (χ0n) is 17.3. The van der Waals surface area contributed by atoms with Crippen LogP contribution in [-0.4, -0.2) is 49.7 Å². The predicted octanol–water partition coefficient (Wildman–Crippen LogP) is 3.52. The highest BCUT2D eigenvalue weighted by Gasteiger charge is 2.26. The second-order valence-corrected chi connectivity index (χ2v) is 7.92. The van der Waals surface area contributed by atoms with Crippen LogP contribution in [0.15, 0.2) is 30.6 Å². The molecule has 2 unspecified atom stereocenters. The maximum atomic E-state index is 14.0. The molecule has 0 radical (unpaired) electrons. The lowest BCUT2D eigenvalue weighted by Crippen LogP contribution is -2.21. The molecule has 0 amide bonds. The Morgan fingerprint density at radius 3 is 2.60 bits per heavy atom. The van der Waals surface area contributed by atoms with Crippen LogP contribution < -0.4 is 5.73 Å². The number of aliphatic hydroxyl groups is 1. The van der Waals surface area contributed by atoms with E-state index in [0.717, 1.165) is 25.0 Å². The van der Waals surface area contributed by atoms with E-state index >= 15 is 0 Å². The Balaban J connectivity index is 0.000000310. The number of aromatic nitrogens is 4. The van der Waals surface area contributed by atoms with Gasteiger partial charge in [-0.05, 0) is 38.3 Å². The minimum absolute atomic E-state index is 0.0405. The first-order valence-corrected chi connectivity index (χ1v) is 9.87. The number of hydrogen-bond donors (Lipinski definition) is 2. The molecule has 3 N–H and O–H groups in total. The monoisotopic (exact) mass is 419 g/mol. The van der Waals surface area contributed by atoms with Crippen LogP contribution in [0.3, 0.4) is 0 Å². The van der Waals surface area contributed by atoms with Gasteiger partial charge in [-0.15, -0.1) is 5.10 Å². The summed E-state index contributed by atoms with van der Waals surface area (Å²) in [6, 6.07) is 4.83. The molecule has 162 valence electrons. The maximum absolute atomic E-state index is 14.0. The average Bonchev–Trinajstić information content (AvgIpc) is 3.03. The number of fused-ring (bicyclic) bond motifs is 1. The summed E-state index contributed by atoms with van der Waals surface area (Å²) in [5, 5.41) is 12.8. The van der Waals surface area contributed by atoms with Gasteiger partial charge in [0.2, 0.25) is 5.95 Å². The zero-order valence-corrected chi connectivity index (χ0v) is 17.3. The standard InChI is InChI=1S/C16H17F2N5.C5H10O2/c1-9(16(2,3)18)10-4-5-12(20-7-10)13-6-11(17)14-8-21-15(19)22-23(13)14;6-5-2-1-3-7-4-5/h4-9H,1-3H3,(H2,19,22);5-6H,1-4H2. The van der Waals surface area contributed by atoms with Gasteiger partial charge in [0, 0.05) is 24.8 Å². The van der Waals surface area contributed by atoms with Gasteiger partial charge in [0.05, 0.1) is 30.3 Å². The molecular formula is C21H27F2N5O2. The van der Waals surface area contributed by atoms with E-state index in [4.69, 9.17) is 15.6 Å². The molecule has 0 aliphatic carbocycles. The van der Waals surface area contributed by atoms with Crippen LogP contribution in [0.2, 0.25) is 0 Å². The summed E-state index contributed by atoms with van der Waals surface area (Å²) >= 11 is 0. The molecule has 0 spiro atoms. The average molecular weight is 419 g/mol. The predicted molar refractivity (Wildman–Crippen MR) is 110 cm³/mol. The molecule has 1 saturated heterocycles. The largest absolute Gasteiger partial charge is 0.391 e. The number of rotatable bonds is 3. The van der Waals surface area contributed by atoms with E-state index in [1.165, 1.54) is 30.6 Å². The Bertz CT molecular complexity index is 979. The molecule has 30 heavy (non-hydrogen) atoms. The number of aliphatic hydroxyl groups excluding tert-OH is 1. The molecule has 2 atom stereocenters. The molecular weight excluding hydrogens is 392 g/mol. The highest BCUT2D eigenvalue weighted by Crippen LogP contribution is 2.31. The summed E-state index contributed by atoms with van der Waals surface area (Å²) in [6.07, 6.45) is 4.67. The van der Waals surface area contributed by atoms with Gasteiger partial charge in [0.25, 0.3) is 0 Å².